The van der Waals surface area contributed by atoms with E-state index in [1.54, 1.807) is 0 Å². The van der Waals surface area contributed by atoms with Crippen molar-refractivity contribution in [1.29, 1.82) is 0 Å². The van der Waals surface area contributed by atoms with E-state index in [2.05, 4.69) is 30.3 Å². The van der Waals surface area contributed by atoms with Crippen LogP contribution in [0, 0.1) is 0 Å². The second-order valence-electron chi connectivity index (χ2n) is 5.47. The Kier molecular flexibility index (Phi) is 2.71. The molecule has 0 heterocycles. The van der Waals surface area contributed by atoms with Crippen LogP contribution < -0.4 is 4.74 Å². The summed E-state index contributed by atoms with van der Waals surface area (Å²) in [5, 5.41) is 4.71. The molecule has 2 nitrogen and oxygen atoms in total. The highest BCUT2D eigenvalue weighted by atomic mass is 16.5. The fraction of sp³-hybridized carbons (Fsp3) is 0.211. The average Bonchev–Trinajstić information content (AvgIpc) is 2.88. The van der Waals surface area contributed by atoms with Gasteiger partial charge in [-0.1, -0.05) is 36.4 Å². The minimum atomic E-state index is 0.237. The zero-order chi connectivity index (χ0) is 14.4. The zero-order valence-corrected chi connectivity index (χ0v) is 12.0. The maximum absolute atomic E-state index is 12.1. The first-order valence-corrected chi connectivity index (χ1v) is 7.43. The molecule has 0 bridgehead atoms. The number of Topliss-reactive ketones (excluding diaryl/α,β-unsaturated/α-hetero) is 1. The predicted octanol–water partition coefficient (Wildman–Crippen LogP) is 4.52. The van der Waals surface area contributed by atoms with Crippen molar-refractivity contribution >= 4 is 27.3 Å². The molecule has 0 N–H and O–H groups in total. The summed E-state index contributed by atoms with van der Waals surface area (Å²) in [7, 11) is 0. The highest BCUT2D eigenvalue weighted by molar-refractivity contribution is 6.15. The van der Waals surface area contributed by atoms with Gasteiger partial charge in [-0.05, 0) is 41.1 Å². The third-order valence-corrected chi connectivity index (χ3v) is 4.30. The van der Waals surface area contributed by atoms with E-state index in [9.17, 15) is 4.79 Å². The van der Waals surface area contributed by atoms with Crippen molar-refractivity contribution in [1.82, 2.24) is 0 Å². The highest BCUT2D eigenvalue weighted by Crippen LogP contribution is 2.40. The molecule has 0 atom stereocenters. The quantitative estimate of drug-likeness (QED) is 0.643. The molecule has 1 aliphatic rings. The van der Waals surface area contributed by atoms with Crippen molar-refractivity contribution in [3.05, 3.63) is 53.6 Å². The Balaban J connectivity index is 2.19. The maximum Gasteiger partial charge on any atom is 0.163 e. The van der Waals surface area contributed by atoms with Gasteiger partial charge >= 0.3 is 0 Å². The van der Waals surface area contributed by atoms with Gasteiger partial charge in [-0.2, -0.15) is 0 Å². The van der Waals surface area contributed by atoms with E-state index in [-0.39, 0.29) is 5.78 Å². The van der Waals surface area contributed by atoms with E-state index in [4.69, 9.17) is 4.74 Å². The molecule has 0 saturated heterocycles. The molecule has 0 aliphatic heterocycles. The summed E-state index contributed by atoms with van der Waals surface area (Å²) in [6, 6.07) is 14.6. The van der Waals surface area contributed by atoms with Crippen LogP contribution in [0.2, 0.25) is 0 Å². The van der Waals surface area contributed by atoms with Gasteiger partial charge in [-0.15, -0.1) is 0 Å². The predicted molar refractivity (Wildman–Crippen MR) is 85.3 cm³/mol. The van der Waals surface area contributed by atoms with Crippen LogP contribution >= 0.6 is 0 Å². The fourth-order valence-electron chi connectivity index (χ4n) is 3.38. The number of ether oxygens (including phenoxy) is 1. The Morgan fingerprint density at radius 1 is 1.05 bits per heavy atom. The Hall–Kier alpha value is -2.35. The van der Waals surface area contributed by atoms with Crippen LogP contribution in [0.3, 0.4) is 0 Å². The van der Waals surface area contributed by atoms with Crippen LogP contribution in [0.1, 0.15) is 29.3 Å². The van der Waals surface area contributed by atoms with Crippen molar-refractivity contribution in [2.75, 3.05) is 6.61 Å². The summed E-state index contributed by atoms with van der Waals surface area (Å²) in [4.78, 5) is 12.1. The lowest BCUT2D eigenvalue weighted by molar-refractivity contribution is 0.0994. The lowest BCUT2D eigenvalue weighted by Gasteiger charge is -2.14. The number of carbonyl (C=O) groups excluding carboxylic acids is 1. The van der Waals surface area contributed by atoms with Gasteiger partial charge < -0.3 is 4.74 Å². The van der Waals surface area contributed by atoms with E-state index in [1.165, 1.54) is 21.7 Å². The number of rotatable bonds is 2. The van der Waals surface area contributed by atoms with Gasteiger partial charge in [0.25, 0.3) is 0 Å². The summed E-state index contributed by atoms with van der Waals surface area (Å²) in [6.07, 6.45) is 1.46. The first-order valence-electron chi connectivity index (χ1n) is 7.43. The Morgan fingerprint density at radius 2 is 1.90 bits per heavy atom. The third kappa shape index (κ3) is 1.75. The average molecular weight is 276 g/mol. The minimum absolute atomic E-state index is 0.237. The highest BCUT2D eigenvalue weighted by Gasteiger charge is 2.24. The second-order valence-corrected chi connectivity index (χ2v) is 5.47. The summed E-state index contributed by atoms with van der Waals surface area (Å²) >= 11 is 0. The number of ketones is 1. The normalized spacial score (nSPS) is 13.9. The van der Waals surface area contributed by atoms with Crippen molar-refractivity contribution in [2.45, 2.75) is 19.8 Å². The first kappa shape index (κ1) is 12.4. The van der Waals surface area contributed by atoms with Crippen molar-refractivity contribution < 1.29 is 9.53 Å². The van der Waals surface area contributed by atoms with Gasteiger partial charge in [-0.25, -0.2) is 0 Å². The smallest absolute Gasteiger partial charge is 0.163 e. The number of aryl methyl sites for hydroxylation is 1. The molecule has 0 unspecified atom stereocenters. The van der Waals surface area contributed by atoms with Crippen molar-refractivity contribution in [3.8, 4) is 5.75 Å². The molecule has 0 aromatic heterocycles. The van der Waals surface area contributed by atoms with Gasteiger partial charge in [-0.3, -0.25) is 4.79 Å². The van der Waals surface area contributed by atoms with Gasteiger partial charge in [0.05, 0.1) is 6.61 Å². The van der Waals surface area contributed by atoms with Gasteiger partial charge in [0, 0.05) is 17.4 Å². The zero-order valence-electron chi connectivity index (χ0n) is 12.0. The molecule has 0 radical (unpaired) electrons. The van der Waals surface area contributed by atoms with Crippen molar-refractivity contribution in [2.24, 2.45) is 0 Å². The summed E-state index contributed by atoms with van der Waals surface area (Å²) in [5.74, 6) is 1.07. The largest absolute Gasteiger partial charge is 0.493 e. The SMILES string of the molecule is CCOc1cc2c(c3ccc4ccccc4c13)CCC2=O. The monoisotopic (exact) mass is 276 g/mol. The third-order valence-electron chi connectivity index (χ3n) is 4.30. The Labute approximate surface area is 123 Å². The van der Waals surface area contributed by atoms with Crippen LogP contribution in [-0.2, 0) is 6.42 Å². The van der Waals surface area contributed by atoms with Crippen LogP contribution in [0.4, 0.5) is 0 Å². The molecule has 3 aromatic rings. The van der Waals surface area contributed by atoms with Crippen LogP contribution in [0.25, 0.3) is 21.5 Å². The molecular weight excluding hydrogens is 260 g/mol. The summed E-state index contributed by atoms with van der Waals surface area (Å²) < 4.78 is 5.85. The number of benzene rings is 3. The summed E-state index contributed by atoms with van der Waals surface area (Å²) in [5.41, 5.74) is 2.03. The number of hydrogen-bond donors (Lipinski definition) is 0. The molecule has 2 heteroatoms. The molecule has 0 spiro atoms. The fourth-order valence-corrected chi connectivity index (χ4v) is 3.38. The van der Waals surface area contributed by atoms with E-state index in [0.717, 1.165) is 23.1 Å². The lowest BCUT2D eigenvalue weighted by atomic mass is 9.95. The van der Waals surface area contributed by atoms with Crippen LogP contribution in [-0.4, -0.2) is 12.4 Å². The molecular formula is C19H16O2. The molecule has 21 heavy (non-hydrogen) atoms. The first-order chi connectivity index (χ1) is 10.3. The molecule has 0 amide bonds. The van der Waals surface area contributed by atoms with Crippen LogP contribution in [0.15, 0.2) is 42.5 Å². The minimum Gasteiger partial charge on any atom is -0.493 e. The Morgan fingerprint density at radius 3 is 2.76 bits per heavy atom. The van der Waals surface area contributed by atoms with Gasteiger partial charge in [0.1, 0.15) is 5.75 Å². The number of fused-ring (bicyclic) bond motifs is 5. The summed E-state index contributed by atoms with van der Waals surface area (Å²) in [6.45, 7) is 2.58. The lowest BCUT2D eigenvalue weighted by Crippen LogP contribution is -1.98. The molecule has 1 aliphatic carbocycles. The molecule has 4 rings (SSSR count). The van der Waals surface area contributed by atoms with E-state index in [1.807, 2.05) is 19.1 Å². The van der Waals surface area contributed by atoms with E-state index in [0.29, 0.717) is 13.0 Å². The molecule has 3 aromatic carbocycles. The second kappa shape index (κ2) is 4.59. The van der Waals surface area contributed by atoms with Gasteiger partial charge in [0.15, 0.2) is 5.78 Å². The van der Waals surface area contributed by atoms with Gasteiger partial charge in [0.2, 0.25) is 0 Å². The van der Waals surface area contributed by atoms with Crippen molar-refractivity contribution in [3.63, 3.8) is 0 Å². The van der Waals surface area contributed by atoms with Crippen LogP contribution in [0.5, 0.6) is 5.75 Å². The number of hydrogen-bond acceptors (Lipinski definition) is 2. The molecule has 0 saturated carbocycles. The van der Waals surface area contributed by atoms with E-state index >= 15 is 0 Å². The Bertz CT molecular complexity index is 877. The standard InChI is InChI=1S/C19H16O2/c1-2-21-18-11-16-14(9-10-17(16)20)15-8-7-12-5-3-4-6-13(12)19(15)18/h3-8,11H,2,9-10H2,1H3. The molecule has 104 valence electrons. The molecule has 0 fully saturated rings. The number of carbonyl (C=O) groups is 1. The topological polar surface area (TPSA) is 26.3 Å². The maximum atomic E-state index is 12.1. The van der Waals surface area contributed by atoms with E-state index < -0.39 is 0 Å².